The third-order valence-corrected chi connectivity index (χ3v) is 3.12. The van der Waals surface area contributed by atoms with E-state index in [1.807, 2.05) is 6.92 Å². The Balaban J connectivity index is 4.27. The third kappa shape index (κ3) is 10.2. The minimum atomic E-state index is -0.280. The van der Waals surface area contributed by atoms with E-state index in [2.05, 4.69) is 15.5 Å². The van der Waals surface area contributed by atoms with Gasteiger partial charge in [0.25, 0.3) is 0 Å². The van der Waals surface area contributed by atoms with Crippen LogP contribution in [0.3, 0.4) is 0 Å². The summed E-state index contributed by atoms with van der Waals surface area (Å²) in [4.78, 5) is 39.4. The minimum Gasteiger partial charge on any atom is -0.300 e. The zero-order valence-corrected chi connectivity index (χ0v) is 13.7. The van der Waals surface area contributed by atoms with Gasteiger partial charge in [-0.2, -0.15) is 0 Å². The van der Waals surface area contributed by atoms with Crippen molar-refractivity contribution in [2.24, 2.45) is 4.90 Å². The molecule has 2 amide bonds. The SMILES string of the molecule is [B]=NCC(=O)N(CCNC)CC(=O)NC(C)CCCC(C)=O. The van der Waals surface area contributed by atoms with Crippen LogP contribution in [0.2, 0.25) is 0 Å². The first-order valence-electron chi connectivity index (χ1n) is 7.48. The molecule has 0 saturated carbocycles. The van der Waals surface area contributed by atoms with E-state index >= 15 is 0 Å². The van der Waals surface area contributed by atoms with Crippen molar-refractivity contribution in [3.8, 4) is 0 Å². The molecule has 0 aromatic rings. The number of carbonyl (C=O) groups is 3. The molecule has 123 valence electrons. The van der Waals surface area contributed by atoms with E-state index in [4.69, 9.17) is 7.64 Å². The molecule has 8 heteroatoms. The zero-order chi connectivity index (χ0) is 17.0. The molecule has 7 nitrogen and oxygen atoms in total. The average molecular weight is 309 g/mol. The predicted octanol–water partition coefficient (Wildman–Crippen LogP) is -0.349. The van der Waals surface area contributed by atoms with Crippen molar-refractivity contribution >= 4 is 25.2 Å². The summed E-state index contributed by atoms with van der Waals surface area (Å²) in [6, 6.07) is -0.0349. The summed E-state index contributed by atoms with van der Waals surface area (Å²) in [6.07, 6.45) is 1.99. The van der Waals surface area contributed by atoms with Crippen LogP contribution in [0.15, 0.2) is 4.90 Å². The number of hydrogen-bond donors (Lipinski definition) is 2. The van der Waals surface area contributed by atoms with E-state index in [0.717, 1.165) is 12.8 Å². The molecule has 0 aliphatic carbocycles. The Labute approximate surface area is 133 Å². The summed E-state index contributed by atoms with van der Waals surface area (Å²) in [5, 5.41) is 5.76. The molecule has 1 radical (unpaired) electrons. The van der Waals surface area contributed by atoms with Gasteiger partial charge in [-0.25, -0.2) is 0 Å². The fraction of sp³-hybridized carbons (Fsp3) is 0.786. The van der Waals surface area contributed by atoms with E-state index < -0.39 is 0 Å². The van der Waals surface area contributed by atoms with Crippen LogP contribution in [0.5, 0.6) is 0 Å². The molecule has 0 bridgehead atoms. The standard InChI is InChI=1S/C14H26BN4O3/c1-11(5-4-6-12(2)20)18-13(21)10-19(8-7-16-3)14(22)9-17-15/h11,16H,4-10H2,1-3H3,(H,18,21). The Hall–Kier alpha value is -1.57. The molecule has 0 spiro atoms. The molecule has 0 heterocycles. The summed E-state index contributed by atoms with van der Waals surface area (Å²) in [7, 11) is 6.79. The maximum absolute atomic E-state index is 12.0. The van der Waals surface area contributed by atoms with Crippen molar-refractivity contribution in [1.82, 2.24) is 15.5 Å². The fourth-order valence-corrected chi connectivity index (χ4v) is 1.94. The summed E-state index contributed by atoms with van der Waals surface area (Å²) in [5.74, 6) is -0.359. The summed E-state index contributed by atoms with van der Waals surface area (Å²) < 4.78 is 0. The summed E-state index contributed by atoms with van der Waals surface area (Å²) >= 11 is 0. The number of ketones is 1. The van der Waals surface area contributed by atoms with Crippen molar-refractivity contribution in [2.45, 2.75) is 39.2 Å². The van der Waals surface area contributed by atoms with Gasteiger partial charge in [-0.3, -0.25) is 0 Å². The first-order chi connectivity index (χ1) is 10.4. The van der Waals surface area contributed by atoms with Crippen LogP contribution in [0.4, 0.5) is 0 Å². The van der Waals surface area contributed by atoms with Crippen LogP contribution in [0, 0.1) is 0 Å². The summed E-state index contributed by atoms with van der Waals surface area (Å²) in [5.41, 5.74) is 0. The van der Waals surface area contributed by atoms with Gasteiger partial charge in [0.05, 0.1) is 0 Å². The second kappa shape index (κ2) is 12.0. The van der Waals surface area contributed by atoms with Crippen LogP contribution in [0.25, 0.3) is 0 Å². The van der Waals surface area contributed by atoms with Crippen molar-refractivity contribution < 1.29 is 14.4 Å². The number of Topliss-reactive ketones (excluding diaryl/α,β-unsaturated/α-hetero) is 1. The number of amides is 2. The molecule has 0 aromatic carbocycles. The van der Waals surface area contributed by atoms with E-state index in [-0.39, 0.29) is 36.7 Å². The zero-order valence-electron chi connectivity index (χ0n) is 13.7. The second-order valence-electron chi connectivity index (χ2n) is 5.32. The predicted molar refractivity (Wildman–Crippen MR) is 85.7 cm³/mol. The molecular formula is C14H26BN4O3. The molecule has 2 N–H and O–H groups in total. The number of carbonyl (C=O) groups excluding carboxylic acids is 3. The topological polar surface area (TPSA) is 90.9 Å². The van der Waals surface area contributed by atoms with Gasteiger partial charge in [0.1, 0.15) is 0 Å². The monoisotopic (exact) mass is 309 g/mol. The normalized spacial score (nSPS) is 11.5. The molecule has 1 atom stereocenters. The van der Waals surface area contributed by atoms with Gasteiger partial charge in [0.2, 0.25) is 0 Å². The first-order valence-corrected chi connectivity index (χ1v) is 7.48. The number of hydrogen-bond acceptors (Lipinski definition) is 5. The van der Waals surface area contributed by atoms with Crippen LogP contribution in [-0.2, 0) is 14.4 Å². The molecule has 0 aliphatic heterocycles. The molecule has 0 rings (SSSR count). The van der Waals surface area contributed by atoms with E-state index in [0.29, 0.717) is 19.5 Å². The third-order valence-electron chi connectivity index (χ3n) is 3.12. The van der Waals surface area contributed by atoms with Crippen molar-refractivity contribution in [2.75, 3.05) is 33.2 Å². The van der Waals surface area contributed by atoms with Gasteiger partial charge in [-0.15, -0.1) is 0 Å². The quantitative estimate of drug-likeness (QED) is 0.482. The van der Waals surface area contributed by atoms with Gasteiger partial charge < -0.3 is 4.79 Å². The molecule has 0 saturated heterocycles. The van der Waals surface area contributed by atoms with Crippen LogP contribution >= 0.6 is 0 Å². The first kappa shape index (κ1) is 20.4. The van der Waals surface area contributed by atoms with Crippen molar-refractivity contribution in [1.29, 1.82) is 0 Å². The summed E-state index contributed by atoms with van der Waals surface area (Å²) in [6.45, 7) is 4.27. The van der Waals surface area contributed by atoms with Gasteiger partial charge in [0, 0.05) is 0 Å². The van der Waals surface area contributed by atoms with Gasteiger partial charge in [-0.1, -0.05) is 0 Å². The maximum atomic E-state index is 12.0. The molecule has 0 fully saturated rings. The Morgan fingerprint density at radius 2 is 2.00 bits per heavy atom. The van der Waals surface area contributed by atoms with Gasteiger partial charge >= 0.3 is 121 Å². The average Bonchev–Trinajstić information content (AvgIpc) is 2.43. The molecule has 0 aromatic heterocycles. The number of nitrogens with one attached hydrogen (secondary N) is 2. The molecular weight excluding hydrogens is 283 g/mol. The Morgan fingerprint density at radius 3 is 2.55 bits per heavy atom. The van der Waals surface area contributed by atoms with Gasteiger partial charge in [0.15, 0.2) is 0 Å². The van der Waals surface area contributed by atoms with E-state index in [1.165, 1.54) is 4.90 Å². The van der Waals surface area contributed by atoms with E-state index in [9.17, 15) is 14.4 Å². The van der Waals surface area contributed by atoms with E-state index in [1.54, 1.807) is 14.0 Å². The Morgan fingerprint density at radius 1 is 1.32 bits per heavy atom. The molecule has 1 unspecified atom stereocenters. The number of likely N-dealkylation sites (N-methyl/N-ethyl adjacent to an activating group) is 1. The number of nitrogens with zero attached hydrogens (tertiary/aromatic N) is 2. The Kier molecular flexibility index (Phi) is 11.2. The smallest absolute Gasteiger partial charge is 0.300 e. The Bertz CT molecular complexity index is 390. The van der Waals surface area contributed by atoms with Crippen LogP contribution in [-0.4, -0.2) is 69.4 Å². The van der Waals surface area contributed by atoms with Gasteiger partial charge in [-0.05, 0) is 6.92 Å². The van der Waals surface area contributed by atoms with Crippen molar-refractivity contribution in [3.63, 3.8) is 0 Å². The fourth-order valence-electron chi connectivity index (χ4n) is 1.94. The van der Waals surface area contributed by atoms with Crippen molar-refractivity contribution in [3.05, 3.63) is 0 Å². The van der Waals surface area contributed by atoms with Crippen LogP contribution < -0.4 is 10.6 Å². The van der Waals surface area contributed by atoms with Crippen LogP contribution in [0.1, 0.15) is 33.1 Å². The number of rotatable bonds is 12. The second-order valence-corrected chi connectivity index (χ2v) is 5.32. The minimum absolute atomic E-state index is 0.0208. The molecule has 0 aliphatic rings. The molecule has 22 heavy (non-hydrogen) atoms.